The van der Waals surface area contributed by atoms with Crippen LogP contribution in [-0.4, -0.2) is 23.8 Å². The molecule has 0 saturated carbocycles. The van der Waals surface area contributed by atoms with E-state index in [2.05, 4.69) is 0 Å². The van der Waals surface area contributed by atoms with Crippen molar-refractivity contribution in [2.45, 2.75) is 34.6 Å². The van der Waals surface area contributed by atoms with E-state index in [9.17, 15) is 9.59 Å². The van der Waals surface area contributed by atoms with Crippen molar-refractivity contribution < 1.29 is 14.3 Å². The minimum atomic E-state index is -0.392. The monoisotopic (exact) mass is 249 g/mol. The molecule has 0 atom stereocenters. The number of cyclic esters (lactones) is 1. The second-order valence-electron chi connectivity index (χ2n) is 6.12. The molecule has 0 bridgehead atoms. The molecule has 4 heteroatoms. The van der Waals surface area contributed by atoms with Crippen LogP contribution in [0.3, 0.4) is 0 Å². The van der Waals surface area contributed by atoms with Gasteiger partial charge >= 0.3 is 5.97 Å². The Morgan fingerprint density at radius 1 is 1.11 bits per heavy atom. The normalized spacial score (nSPS) is 20.3. The molecular weight excluding hydrogens is 230 g/mol. The second kappa shape index (κ2) is 3.70. The van der Waals surface area contributed by atoms with E-state index in [0.717, 1.165) is 5.70 Å². The highest BCUT2D eigenvalue weighted by Gasteiger charge is 2.48. The molecule has 0 fully saturated rings. The number of carbonyl (C=O) groups is 2. The molecule has 2 aliphatic rings. The largest absolute Gasteiger partial charge is 0.426 e. The average Bonchev–Trinajstić information content (AvgIpc) is 2.66. The van der Waals surface area contributed by atoms with Gasteiger partial charge in [0.25, 0.3) is 5.91 Å². The van der Waals surface area contributed by atoms with E-state index >= 15 is 0 Å². The van der Waals surface area contributed by atoms with Gasteiger partial charge in [-0.15, -0.1) is 0 Å². The summed E-state index contributed by atoms with van der Waals surface area (Å²) in [7, 11) is 1.71. The maximum absolute atomic E-state index is 12.3. The fourth-order valence-corrected chi connectivity index (χ4v) is 2.58. The van der Waals surface area contributed by atoms with Crippen molar-refractivity contribution in [1.82, 2.24) is 4.90 Å². The van der Waals surface area contributed by atoms with E-state index in [1.165, 1.54) is 0 Å². The molecule has 0 N–H and O–H groups in total. The standard InChI is InChI=1S/C14H19NO3/c1-7(2)10-8-9(13(17)18-10)11(14(3,4)5)15(6)12(8)16/h7H,1-6H3. The van der Waals surface area contributed by atoms with Crippen LogP contribution in [0.25, 0.3) is 0 Å². The number of rotatable bonds is 1. The van der Waals surface area contributed by atoms with Gasteiger partial charge in [-0.2, -0.15) is 0 Å². The van der Waals surface area contributed by atoms with Crippen LogP contribution in [-0.2, 0) is 14.3 Å². The predicted octanol–water partition coefficient (Wildman–Crippen LogP) is 2.23. The molecule has 1 amide bonds. The van der Waals surface area contributed by atoms with Gasteiger partial charge in [0.1, 0.15) is 5.76 Å². The van der Waals surface area contributed by atoms with Crippen LogP contribution < -0.4 is 0 Å². The summed E-state index contributed by atoms with van der Waals surface area (Å²) in [4.78, 5) is 25.9. The third-order valence-corrected chi connectivity index (χ3v) is 3.23. The van der Waals surface area contributed by atoms with Crippen molar-refractivity contribution in [2.75, 3.05) is 7.05 Å². The molecule has 0 radical (unpaired) electrons. The van der Waals surface area contributed by atoms with Gasteiger partial charge in [-0.25, -0.2) is 4.79 Å². The smallest absolute Gasteiger partial charge is 0.346 e. The van der Waals surface area contributed by atoms with Crippen molar-refractivity contribution in [1.29, 1.82) is 0 Å². The Hall–Kier alpha value is -1.58. The quantitative estimate of drug-likeness (QED) is 0.669. The van der Waals surface area contributed by atoms with E-state index in [0.29, 0.717) is 16.9 Å². The minimum absolute atomic E-state index is 0.0260. The number of likely N-dealkylation sites (N-methyl/N-ethyl adjacent to an activating group) is 1. The molecule has 98 valence electrons. The summed E-state index contributed by atoms with van der Waals surface area (Å²) in [6, 6.07) is 0. The zero-order valence-electron chi connectivity index (χ0n) is 11.7. The summed E-state index contributed by atoms with van der Waals surface area (Å²) in [5.41, 5.74) is 1.40. The first kappa shape index (κ1) is 12.9. The second-order valence-corrected chi connectivity index (χ2v) is 6.12. The average molecular weight is 249 g/mol. The summed E-state index contributed by atoms with van der Waals surface area (Å²) in [6.07, 6.45) is 0. The third kappa shape index (κ3) is 1.59. The zero-order chi connectivity index (χ0) is 13.8. The molecule has 0 aliphatic carbocycles. The highest BCUT2D eigenvalue weighted by Crippen LogP contribution is 2.45. The lowest BCUT2D eigenvalue weighted by molar-refractivity contribution is -0.134. The van der Waals surface area contributed by atoms with Gasteiger partial charge in [-0.05, 0) is 0 Å². The summed E-state index contributed by atoms with van der Waals surface area (Å²) in [5, 5.41) is 0. The van der Waals surface area contributed by atoms with E-state index in [4.69, 9.17) is 4.74 Å². The van der Waals surface area contributed by atoms with Gasteiger partial charge in [-0.1, -0.05) is 34.6 Å². The predicted molar refractivity (Wildman–Crippen MR) is 67.2 cm³/mol. The Labute approximate surface area is 107 Å². The molecule has 0 aromatic carbocycles. The van der Waals surface area contributed by atoms with Crippen LogP contribution >= 0.6 is 0 Å². The van der Waals surface area contributed by atoms with Gasteiger partial charge in [0.15, 0.2) is 0 Å². The number of nitrogens with zero attached hydrogens (tertiary/aromatic N) is 1. The topological polar surface area (TPSA) is 46.6 Å². The molecule has 0 saturated heterocycles. The highest BCUT2D eigenvalue weighted by molar-refractivity contribution is 6.16. The Morgan fingerprint density at radius 3 is 2.11 bits per heavy atom. The van der Waals surface area contributed by atoms with Crippen molar-refractivity contribution in [2.24, 2.45) is 11.3 Å². The van der Waals surface area contributed by atoms with E-state index in [1.807, 2.05) is 34.6 Å². The lowest BCUT2D eigenvalue weighted by atomic mass is 9.88. The fourth-order valence-electron chi connectivity index (χ4n) is 2.58. The summed E-state index contributed by atoms with van der Waals surface area (Å²) < 4.78 is 5.27. The Bertz CT molecular complexity index is 504. The maximum atomic E-state index is 12.3. The molecule has 2 aliphatic heterocycles. The SMILES string of the molecule is CC(C)C1=C2C(=O)N(C)C(C(C)(C)C)=C2C(=O)O1. The first-order chi connectivity index (χ1) is 8.16. The summed E-state index contributed by atoms with van der Waals surface area (Å²) in [6.45, 7) is 9.80. The highest BCUT2D eigenvalue weighted by atomic mass is 16.5. The molecule has 0 unspecified atom stereocenters. The molecule has 2 rings (SSSR count). The van der Waals surface area contributed by atoms with Crippen molar-refractivity contribution in [3.8, 4) is 0 Å². The number of allylic oxidation sites excluding steroid dienone is 2. The van der Waals surface area contributed by atoms with Gasteiger partial charge in [0.2, 0.25) is 0 Å². The maximum Gasteiger partial charge on any atom is 0.346 e. The van der Waals surface area contributed by atoms with Gasteiger partial charge < -0.3 is 9.64 Å². The number of amides is 1. The first-order valence-electron chi connectivity index (χ1n) is 6.15. The van der Waals surface area contributed by atoms with E-state index in [1.54, 1.807) is 11.9 Å². The van der Waals surface area contributed by atoms with Gasteiger partial charge in [0, 0.05) is 24.1 Å². The number of carbonyl (C=O) groups excluding carboxylic acids is 2. The number of hydrogen-bond acceptors (Lipinski definition) is 3. The first-order valence-corrected chi connectivity index (χ1v) is 6.15. The number of fused-ring (bicyclic) bond motifs is 1. The van der Waals surface area contributed by atoms with E-state index < -0.39 is 5.97 Å². The summed E-state index contributed by atoms with van der Waals surface area (Å²) in [5.74, 6) is 0.00465. The Balaban J connectivity index is 2.71. The van der Waals surface area contributed by atoms with Crippen LogP contribution in [0.2, 0.25) is 0 Å². The molecule has 0 spiro atoms. The lowest BCUT2D eigenvalue weighted by Crippen LogP contribution is -2.29. The fraction of sp³-hybridized carbons (Fsp3) is 0.571. The number of hydrogen-bond donors (Lipinski definition) is 0. The molecule has 0 aromatic heterocycles. The molecule has 4 nitrogen and oxygen atoms in total. The molecule has 2 heterocycles. The van der Waals surface area contributed by atoms with Crippen molar-refractivity contribution >= 4 is 11.9 Å². The van der Waals surface area contributed by atoms with Crippen molar-refractivity contribution in [3.63, 3.8) is 0 Å². The van der Waals surface area contributed by atoms with Gasteiger partial charge in [-0.3, -0.25) is 4.79 Å². The Morgan fingerprint density at radius 2 is 1.67 bits per heavy atom. The lowest BCUT2D eigenvalue weighted by Gasteiger charge is -2.27. The Kier molecular flexibility index (Phi) is 2.65. The van der Waals surface area contributed by atoms with Crippen LogP contribution in [0.1, 0.15) is 34.6 Å². The van der Waals surface area contributed by atoms with Crippen LogP contribution in [0, 0.1) is 11.3 Å². The van der Waals surface area contributed by atoms with Crippen LogP contribution in [0.4, 0.5) is 0 Å². The van der Waals surface area contributed by atoms with Crippen LogP contribution in [0.15, 0.2) is 22.6 Å². The minimum Gasteiger partial charge on any atom is -0.426 e. The van der Waals surface area contributed by atoms with Crippen molar-refractivity contribution in [3.05, 3.63) is 22.6 Å². The van der Waals surface area contributed by atoms with E-state index in [-0.39, 0.29) is 17.2 Å². The summed E-state index contributed by atoms with van der Waals surface area (Å²) >= 11 is 0. The number of ether oxygens (including phenoxy) is 1. The molecule has 18 heavy (non-hydrogen) atoms. The number of esters is 1. The van der Waals surface area contributed by atoms with Gasteiger partial charge in [0.05, 0.1) is 11.1 Å². The molecule has 0 aromatic rings. The van der Waals surface area contributed by atoms with Crippen LogP contribution in [0.5, 0.6) is 0 Å². The zero-order valence-corrected chi connectivity index (χ0v) is 11.7. The third-order valence-electron chi connectivity index (χ3n) is 3.23. The molecular formula is C14H19NO3.